The number of pyridine rings is 1. The first-order chi connectivity index (χ1) is 18.4. The van der Waals surface area contributed by atoms with Crippen LogP contribution in [0.4, 0.5) is 5.69 Å². The van der Waals surface area contributed by atoms with Crippen molar-refractivity contribution in [3.8, 4) is 11.5 Å². The van der Waals surface area contributed by atoms with Crippen molar-refractivity contribution < 1.29 is 42.4 Å². The van der Waals surface area contributed by atoms with Crippen LogP contribution in [0.15, 0.2) is 71.6 Å². The van der Waals surface area contributed by atoms with Gasteiger partial charge in [0.1, 0.15) is 17.2 Å². The number of hydrogen-bond acceptors (Lipinski definition) is 7. The minimum Gasteiger partial charge on any atom is -0.545 e. The zero-order chi connectivity index (χ0) is 27.2. The standard InChI is InChI=1S/C30H36N2O5S.Li/c1-36-26-15-12-23(13-16-26)9-6-4-2-3-5-7-20-37-29-18-14-25(32-28(29)17-19-30(33)34)22-38(35)27-11-8-10-24(31)21-27;/h8,10-19,21H,2-7,9,20,22,31H2,1H3,(H,33,34);/q;+1/p-1. The minimum atomic E-state index is -1.34. The van der Waals surface area contributed by atoms with Crippen LogP contribution in [-0.2, 0) is 27.8 Å². The van der Waals surface area contributed by atoms with Crippen LogP contribution in [0.25, 0.3) is 6.08 Å². The summed E-state index contributed by atoms with van der Waals surface area (Å²) in [5, 5.41) is 10.9. The van der Waals surface area contributed by atoms with Gasteiger partial charge in [0.15, 0.2) is 0 Å². The number of ether oxygens (including phenoxy) is 2. The number of carbonyl (C=O) groups excluding carboxylic acids is 1. The van der Waals surface area contributed by atoms with Gasteiger partial charge in [-0.1, -0.05) is 43.9 Å². The molecule has 3 rings (SSSR count). The third kappa shape index (κ3) is 11.7. The molecule has 0 radical (unpaired) electrons. The van der Waals surface area contributed by atoms with Gasteiger partial charge in [-0.15, -0.1) is 0 Å². The number of carbonyl (C=O) groups is 1. The number of methoxy groups -OCH3 is 1. The maximum absolute atomic E-state index is 12.7. The number of unbranched alkanes of at least 4 members (excludes halogenated alkanes) is 5. The summed E-state index contributed by atoms with van der Waals surface area (Å²) in [4.78, 5) is 16.0. The van der Waals surface area contributed by atoms with Crippen molar-refractivity contribution in [3.63, 3.8) is 0 Å². The molecule has 0 saturated carbocycles. The van der Waals surface area contributed by atoms with Gasteiger partial charge < -0.3 is 25.1 Å². The number of benzene rings is 2. The number of aromatic nitrogens is 1. The molecular formula is C30H35LiN2O5S. The molecule has 0 aliphatic carbocycles. The monoisotopic (exact) mass is 542 g/mol. The van der Waals surface area contributed by atoms with Crippen LogP contribution in [0.5, 0.6) is 11.5 Å². The summed E-state index contributed by atoms with van der Waals surface area (Å²) in [6, 6.07) is 18.6. The van der Waals surface area contributed by atoms with Gasteiger partial charge in [0.05, 0.1) is 41.9 Å². The molecule has 3 aromatic rings. The average Bonchev–Trinajstić information content (AvgIpc) is 2.92. The second-order valence-corrected chi connectivity index (χ2v) is 10.4. The molecule has 0 saturated heterocycles. The Morgan fingerprint density at radius 2 is 1.72 bits per heavy atom. The molecule has 7 nitrogen and oxygen atoms in total. The third-order valence-electron chi connectivity index (χ3n) is 6.00. The SMILES string of the molecule is COc1ccc(CCCCCCCCOc2ccc(CS(=O)c3cccc(N)c3)nc2C=CC(=O)[O-])cc1.[Li+]. The summed E-state index contributed by atoms with van der Waals surface area (Å²) in [6.07, 6.45) is 9.95. The van der Waals surface area contributed by atoms with Crippen LogP contribution in [0.3, 0.4) is 0 Å². The smallest absolute Gasteiger partial charge is 0.545 e. The number of rotatable bonds is 16. The third-order valence-corrected chi connectivity index (χ3v) is 7.33. The molecule has 0 bridgehead atoms. The van der Waals surface area contributed by atoms with Gasteiger partial charge in [-0.2, -0.15) is 0 Å². The van der Waals surface area contributed by atoms with E-state index in [-0.39, 0.29) is 24.6 Å². The summed E-state index contributed by atoms with van der Waals surface area (Å²) in [5.74, 6) is 0.225. The Hall–Kier alpha value is -3.05. The number of nitrogens with two attached hydrogens (primary N) is 1. The number of nitrogens with zero attached hydrogens (tertiary/aromatic N) is 1. The number of anilines is 1. The Morgan fingerprint density at radius 1 is 1.00 bits per heavy atom. The molecule has 0 aliphatic heterocycles. The van der Waals surface area contributed by atoms with Crippen LogP contribution in [0.1, 0.15) is 55.5 Å². The summed E-state index contributed by atoms with van der Waals surface area (Å²) in [5.41, 5.74) is 8.59. The normalized spacial score (nSPS) is 11.6. The first-order valence-corrected chi connectivity index (χ1v) is 14.1. The van der Waals surface area contributed by atoms with E-state index in [0.29, 0.717) is 34.3 Å². The molecule has 1 unspecified atom stereocenters. The molecule has 39 heavy (non-hydrogen) atoms. The van der Waals surface area contributed by atoms with Crippen molar-refractivity contribution in [1.82, 2.24) is 4.98 Å². The van der Waals surface area contributed by atoms with E-state index in [1.165, 1.54) is 24.5 Å². The minimum absolute atomic E-state index is 0. The molecule has 1 aromatic heterocycles. The predicted molar refractivity (Wildman–Crippen MR) is 149 cm³/mol. The summed E-state index contributed by atoms with van der Waals surface area (Å²) in [7, 11) is 0.338. The van der Waals surface area contributed by atoms with Crippen LogP contribution in [0, 0.1) is 0 Å². The van der Waals surface area contributed by atoms with Crippen LogP contribution in [-0.4, -0.2) is 28.9 Å². The molecule has 1 atom stereocenters. The van der Waals surface area contributed by atoms with Crippen molar-refractivity contribution in [2.24, 2.45) is 0 Å². The topological polar surface area (TPSA) is 115 Å². The number of carboxylic acid groups (broad SMARTS) is 1. The molecule has 9 heteroatoms. The van der Waals surface area contributed by atoms with E-state index >= 15 is 0 Å². The van der Waals surface area contributed by atoms with Gasteiger partial charge >= 0.3 is 18.9 Å². The Bertz CT molecular complexity index is 1230. The molecule has 0 spiro atoms. The number of aliphatic carboxylic acids is 1. The van der Waals surface area contributed by atoms with Crippen molar-refractivity contribution >= 4 is 28.5 Å². The second kappa shape index (κ2) is 17.5. The van der Waals surface area contributed by atoms with Crippen molar-refractivity contribution in [1.29, 1.82) is 0 Å². The van der Waals surface area contributed by atoms with Crippen molar-refractivity contribution in [2.45, 2.75) is 55.6 Å². The van der Waals surface area contributed by atoms with E-state index in [4.69, 9.17) is 15.2 Å². The number of nitrogen functional groups attached to an aromatic ring is 1. The van der Waals surface area contributed by atoms with E-state index in [9.17, 15) is 14.1 Å². The molecule has 1 heterocycles. The number of hydrogen-bond donors (Lipinski definition) is 1. The molecular weight excluding hydrogens is 507 g/mol. The van der Waals surface area contributed by atoms with Gasteiger partial charge in [0.2, 0.25) is 0 Å². The Balaban J connectivity index is 0.00000533. The number of aryl methyl sites for hydroxylation is 1. The summed E-state index contributed by atoms with van der Waals surface area (Å²) >= 11 is 0. The Labute approximate surface area is 245 Å². The largest absolute Gasteiger partial charge is 1.00 e. The van der Waals surface area contributed by atoms with Gasteiger partial charge in [-0.05, 0) is 79.4 Å². The van der Waals surface area contributed by atoms with Crippen molar-refractivity contribution in [2.75, 3.05) is 19.5 Å². The van der Waals surface area contributed by atoms with Crippen LogP contribution in [0.2, 0.25) is 0 Å². The van der Waals surface area contributed by atoms with Gasteiger partial charge in [0.25, 0.3) is 0 Å². The van der Waals surface area contributed by atoms with Crippen molar-refractivity contribution in [3.05, 3.63) is 83.7 Å². The average molecular weight is 543 g/mol. The first-order valence-electron chi connectivity index (χ1n) is 12.8. The number of carboxylic acids is 1. The molecule has 0 fully saturated rings. The molecule has 202 valence electrons. The Morgan fingerprint density at radius 3 is 2.41 bits per heavy atom. The summed E-state index contributed by atoms with van der Waals surface area (Å²) in [6.45, 7) is 0.508. The van der Waals surface area contributed by atoms with E-state index in [1.54, 1.807) is 43.5 Å². The molecule has 0 aliphatic rings. The molecule has 2 aromatic carbocycles. The van der Waals surface area contributed by atoms with Crippen LogP contribution >= 0.6 is 0 Å². The fourth-order valence-electron chi connectivity index (χ4n) is 3.96. The zero-order valence-electron chi connectivity index (χ0n) is 22.8. The van der Waals surface area contributed by atoms with Gasteiger partial charge in [0, 0.05) is 10.6 Å². The van der Waals surface area contributed by atoms with E-state index in [2.05, 4.69) is 17.1 Å². The second-order valence-electron chi connectivity index (χ2n) is 8.97. The maximum atomic E-state index is 12.7. The summed E-state index contributed by atoms with van der Waals surface area (Å²) < 4.78 is 23.8. The van der Waals surface area contributed by atoms with E-state index < -0.39 is 16.8 Å². The fourth-order valence-corrected chi connectivity index (χ4v) is 5.05. The maximum Gasteiger partial charge on any atom is 1.00 e. The fraction of sp³-hybridized carbons (Fsp3) is 0.333. The van der Waals surface area contributed by atoms with Crippen LogP contribution < -0.4 is 39.2 Å². The molecule has 2 N–H and O–H groups in total. The van der Waals surface area contributed by atoms with Gasteiger partial charge in [-0.25, -0.2) is 4.98 Å². The zero-order valence-corrected chi connectivity index (χ0v) is 23.6. The Kier molecular flexibility index (Phi) is 14.4. The first kappa shape index (κ1) is 32.2. The predicted octanol–water partition coefficient (Wildman–Crippen LogP) is 1.71. The van der Waals surface area contributed by atoms with E-state index in [1.807, 2.05) is 12.1 Å². The van der Waals surface area contributed by atoms with E-state index in [0.717, 1.165) is 43.9 Å². The quantitative estimate of drug-likeness (QED) is 0.127. The van der Waals surface area contributed by atoms with Gasteiger partial charge in [-0.3, -0.25) is 4.21 Å². The molecule has 0 amide bonds.